The summed E-state index contributed by atoms with van der Waals surface area (Å²) in [5.41, 5.74) is 0.857. The van der Waals surface area contributed by atoms with Gasteiger partial charge in [0, 0.05) is 12.7 Å². The van der Waals surface area contributed by atoms with Crippen LogP contribution in [-0.2, 0) is 0 Å². The number of fused-ring (bicyclic) bond motifs is 1. The van der Waals surface area contributed by atoms with Crippen molar-refractivity contribution in [1.82, 2.24) is 14.6 Å². The van der Waals surface area contributed by atoms with E-state index < -0.39 is 0 Å². The number of anilines is 1. The van der Waals surface area contributed by atoms with E-state index >= 15 is 0 Å². The summed E-state index contributed by atoms with van der Waals surface area (Å²) in [6.07, 6.45) is 3.21. The summed E-state index contributed by atoms with van der Waals surface area (Å²) in [5, 5.41) is 7.72. The normalized spacial score (nSPS) is 19.9. The average Bonchev–Trinajstić information content (AvgIpc) is 2.95. The minimum absolute atomic E-state index is 0.716. The van der Waals surface area contributed by atoms with Crippen molar-refractivity contribution in [3.8, 4) is 0 Å². The topological polar surface area (TPSA) is 42.2 Å². The maximum absolute atomic E-state index is 4.46. The number of rotatable bonds is 3. The van der Waals surface area contributed by atoms with E-state index in [9.17, 15) is 0 Å². The molecule has 0 bridgehead atoms. The quantitative estimate of drug-likeness (QED) is 0.946. The van der Waals surface area contributed by atoms with Gasteiger partial charge in [0.05, 0.1) is 4.47 Å². The van der Waals surface area contributed by atoms with Crippen LogP contribution in [0.3, 0.4) is 0 Å². The van der Waals surface area contributed by atoms with Gasteiger partial charge < -0.3 is 5.32 Å². The number of nitrogens with zero attached hydrogens (tertiary/aromatic N) is 3. The number of hydrogen-bond acceptors (Lipinski definition) is 4. The molecular weight excluding hydrogens is 300 g/mol. The van der Waals surface area contributed by atoms with Gasteiger partial charge in [-0.05, 0) is 51.9 Å². The standard InChI is InChI=1S/C11H13BrN4S/c12-9-2-1-4-16-10(9)14-11(15-16)13-6-8-3-5-17-7-8/h1-2,4,8H,3,5-7H2,(H,13,15). The van der Waals surface area contributed by atoms with E-state index in [0.717, 1.165) is 22.6 Å². The predicted octanol–water partition coefficient (Wildman–Crippen LogP) is 2.66. The van der Waals surface area contributed by atoms with Crippen molar-refractivity contribution in [2.75, 3.05) is 23.4 Å². The fourth-order valence-corrected chi connectivity index (χ4v) is 3.64. The number of nitrogens with one attached hydrogen (secondary N) is 1. The van der Waals surface area contributed by atoms with Gasteiger partial charge in [-0.25, -0.2) is 4.52 Å². The van der Waals surface area contributed by atoms with E-state index in [0.29, 0.717) is 5.95 Å². The highest BCUT2D eigenvalue weighted by atomic mass is 79.9. The molecule has 1 fully saturated rings. The molecule has 1 atom stereocenters. The Bertz CT molecular complexity index is 521. The summed E-state index contributed by atoms with van der Waals surface area (Å²) >= 11 is 5.50. The Hall–Kier alpha value is -0.750. The van der Waals surface area contributed by atoms with Gasteiger partial charge in [0.1, 0.15) is 0 Å². The molecule has 1 aliphatic heterocycles. The van der Waals surface area contributed by atoms with Crippen molar-refractivity contribution in [3.05, 3.63) is 22.8 Å². The third-order valence-electron chi connectivity index (χ3n) is 2.89. The van der Waals surface area contributed by atoms with Gasteiger partial charge >= 0.3 is 0 Å². The molecule has 4 nitrogen and oxygen atoms in total. The van der Waals surface area contributed by atoms with Gasteiger partial charge in [0.25, 0.3) is 0 Å². The van der Waals surface area contributed by atoms with Crippen molar-refractivity contribution >= 4 is 39.3 Å². The lowest BCUT2D eigenvalue weighted by Gasteiger charge is -2.07. The van der Waals surface area contributed by atoms with Crippen LogP contribution in [0.5, 0.6) is 0 Å². The second kappa shape index (κ2) is 4.86. The van der Waals surface area contributed by atoms with E-state index in [1.807, 2.05) is 30.1 Å². The van der Waals surface area contributed by atoms with Crippen LogP contribution in [0.15, 0.2) is 22.8 Å². The van der Waals surface area contributed by atoms with Crippen LogP contribution < -0.4 is 5.32 Å². The molecular formula is C11H13BrN4S. The van der Waals surface area contributed by atoms with Crippen LogP contribution in [0.25, 0.3) is 5.65 Å². The maximum atomic E-state index is 4.46. The average molecular weight is 313 g/mol. The first-order valence-electron chi connectivity index (χ1n) is 5.65. The molecule has 90 valence electrons. The highest BCUT2D eigenvalue weighted by Crippen LogP contribution is 2.23. The Labute approximate surface area is 112 Å². The predicted molar refractivity (Wildman–Crippen MR) is 74.6 cm³/mol. The van der Waals surface area contributed by atoms with Crippen LogP contribution >= 0.6 is 27.7 Å². The van der Waals surface area contributed by atoms with Gasteiger partial charge in [-0.15, -0.1) is 5.10 Å². The summed E-state index contributed by atoms with van der Waals surface area (Å²) < 4.78 is 2.76. The highest BCUT2D eigenvalue weighted by molar-refractivity contribution is 9.10. The summed E-state index contributed by atoms with van der Waals surface area (Å²) in [6, 6.07) is 3.92. The third-order valence-corrected chi connectivity index (χ3v) is 4.74. The molecule has 2 aromatic heterocycles. The minimum atomic E-state index is 0.716. The molecule has 0 amide bonds. The Kier molecular flexibility index (Phi) is 3.24. The molecule has 1 saturated heterocycles. The van der Waals surface area contributed by atoms with Gasteiger partial charge in [0.15, 0.2) is 5.65 Å². The molecule has 3 rings (SSSR count). The number of aromatic nitrogens is 3. The Morgan fingerprint density at radius 1 is 1.59 bits per heavy atom. The fraction of sp³-hybridized carbons (Fsp3) is 0.455. The SMILES string of the molecule is Brc1cccn2nc(NCC3CCSC3)nc12. The van der Waals surface area contributed by atoms with Crippen molar-refractivity contribution in [3.63, 3.8) is 0 Å². The lowest BCUT2D eigenvalue weighted by atomic mass is 10.1. The van der Waals surface area contributed by atoms with Gasteiger partial charge in [-0.2, -0.15) is 16.7 Å². The van der Waals surface area contributed by atoms with E-state index in [1.54, 1.807) is 4.52 Å². The van der Waals surface area contributed by atoms with Crippen LogP contribution in [0.2, 0.25) is 0 Å². The van der Waals surface area contributed by atoms with Crippen LogP contribution in [-0.4, -0.2) is 32.6 Å². The molecule has 0 radical (unpaired) electrons. The van der Waals surface area contributed by atoms with E-state index in [-0.39, 0.29) is 0 Å². The number of hydrogen-bond donors (Lipinski definition) is 1. The molecule has 17 heavy (non-hydrogen) atoms. The Morgan fingerprint density at radius 3 is 3.29 bits per heavy atom. The molecule has 1 N–H and O–H groups in total. The zero-order chi connectivity index (χ0) is 11.7. The van der Waals surface area contributed by atoms with Crippen molar-refractivity contribution in [2.45, 2.75) is 6.42 Å². The number of pyridine rings is 1. The summed E-state index contributed by atoms with van der Waals surface area (Å²) in [7, 11) is 0. The van der Waals surface area contributed by atoms with Crippen LogP contribution in [0.4, 0.5) is 5.95 Å². The number of halogens is 1. The maximum Gasteiger partial charge on any atom is 0.243 e. The summed E-state index contributed by atoms with van der Waals surface area (Å²) in [5.74, 6) is 4.02. The second-order valence-electron chi connectivity index (χ2n) is 4.17. The molecule has 3 heterocycles. The first kappa shape index (κ1) is 11.3. The van der Waals surface area contributed by atoms with Crippen LogP contribution in [0.1, 0.15) is 6.42 Å². The first-order chi connectivity index (χ1) is 8.33. The summed E-state index contributed by atoms with van der Waals surface area (Å²) in [4.78, 5) is 4.46. The van der Waals surface area contributed by atoms with Crippen LogP contribution in [0, 0.1) is 5.92 Å². The molecule has 0 aliphatic carbocycles. The van der Waals surface area contributed by atoms with E-state index in [1.165, 1.54) is 17.9 Å². The number of thioether (sulfide) groups is 1. The minimum Gasteiger partial charge on any atom is -0.353 e. The van der Waals surface area contributed by atoms with E-state index in [4.69, 9.17) is 0 Å². The van der Waals surface area contributed by atoms with Crippen molar-refractivity contribution < 1.29 is 0 Å². The molecule has 0 aromatic carbocycles. The van der Waals surface area contributed by atoms with Gasteiger partial charge in [-0.3, -0.25) is 0 Å². The molecule has 1 unspecified atom stereocenters. The highest BCUT2D eigenvalue weighted by Gasteiger charge is 2.16. The Balaban J connectivity index is 1.74. The lowest BCUT2D eigenvalue weighted by Crippen LogP contribution is -2.14. The zero-order valence-corrected chi connectivity index (χ0v) is 11.7. The molecule has 2 aromatic rings. The Morgan fingerprint density at radius 2 is 2.53 bits per heavy atom. The molecule has 6 heteroatoms. The van der Waals surface area contributed by atoms with Crippen molar-refractivity contribution in [1.29, 1.82) is 0 Å². The zero-order valence-electron chi connectivity index (χ0n) is 9.27. The first-order valence-corrected chi connectivity index (χ1v) is 7.60. The molecule has 0 saturated carbocycles. The summed E-state index contributed by atoms with van der Waals surface area (Å²) in [6.45, 7) is 0.974. The molecule has 1 aliphatic rings. The molecule has 0 spiro atoms. The van der Waals surface area contributed by atoms with Gasteiger partial charge in [-0.1, -0.05) is 0 Å². The van der Waals surface area contributed by atoms with E-state index in [2.05, 4.69) is 31.3 Å². The van der Waals surface area contributed by atoms with Gasteiger partial charge in [0.2, 0.25) is 5.95 Å². The second-order valence-corrected chi connectivity index (χ2v) is 6.17. The largest absolute Gasteiger partial charge is 0.353 e. The smallest absolute Gasteiger partial charge is 0.243 e. The fourth-order valence-electron chi connectivity index (χ4n) is 1.93. The van der Waals surface area contributed by atoms with Crippen molar-refractivity contribution in [2.24, 2.45) is 5.92 Å². The lowest BCUT2D eigenvalue weighted by molar-refractivity contribution is 0.629. The monoisotopic (exact) mass is 312 g/mol. The third kappa shape index (κ3) is 2.42.